The Morgan fingerprint density at radius 1 is 0.529 bits per heavy atom. The Hall–Kier alpha value is -8.67. The number of aromatic nitrogens is 4. The van der Waals surface area contributed by atoms with E-state index in [0.29, 0.717) is 22.9 Å². The molecule has 0 N–H and O–H groups in total. The highest BCUT2D eigenvalue weighted by molar-refractivity contribution is 6.15. The van der Waals surface area contributed by atoms with E-state index in [-0.39, 0.29) is 5.41 Å². The lowest BCUT2D eigenvalue weighted by Gasteiger charge is -2.23. The van der Waals surface area contributed by atoms with E-state index in [2.05, 4.69) is 184 Å². The van der Waals surface area contributed by atoms with Crippen molar-refractivity contribution in [2.24, 2.45) is 0 Å². The van der Waals surface area contributed by atoms with Gasteiger partial charge in [-0.05, 0) is 98.9 Å². The number of allylic oxidation sites excluding steroid dienone is 2. The predicted octanol–water partition coefficient (Wildman–Crippen LogP) is 14.5. The summed E-state index contributed by atoms with van der Waals surface area (Å²) in [4.78, 5) is 15.4. The zero-order valence-electron chi connectivity index (χ0n) is 38.0. The Labute approximate surface area is 393 Å². The molecular formula is C63H44N4O. The van der Waals surface area contributed by atoms with Gasteiger partial charge in [0.15, 0.2) is 17.5 Å². The second kappa shape index (κ2) is 15.2. The first-order valence-electron chi connectivity index (χ1n) is 23.2. The van der Waals surface area contributed by atoms with E-state index in [1.165, 1.54) is 43.8 Å². The van der Waals surface area contributed by atoms with Crippen LogP contribution < -0.4 is 10.6 Å². The Morgan fingerprint density at radius 2 is 1.15 bits per heavy atom. The van der Waals surface area contributed by atoms with Crippen molar-refractivity contribution >= 4 is 66.5 Å². The minimum absolute atomic E-state index is 0.247. The molecule has 5 nitrogen and oxygen atoms in total. The fraction of sp³-hybridized carbons (Fsp3) is 0.0635. The normalized spacial score (nSPS) is 13.6. The molecule has 9 aromatic carbocycles. The third kappa shape index (κ3) is 5.99. The summed E-state index contributed by atoms with van der Waals surface area (Å²) in [5, 5.41) is 9.13. The molecule has 0 bridgehead atoms. The van der Waals surface area contributed by atoms with Crippen molar-refractivity contribution < 1.29 is 4.42 Å². The topological polar surface area (TPSA) is 56.7 Å². The van der Waals surface area contributed by atoms with E-state index >= 15 is 0 Å². The maximum absolute atomic E-state index is 6.26. The van der Waals surface area contributed by atoms with Crippen LogP contribution in [-0.4, -0.2) is 19.5 Å². The summed E-state index contributed by atoms with van der Waals surface area (Å²) in [6.45, 7) is 11.2. The summed E-state index contributed by atoms with van der Waals surface area (Å²) >= 11 is 0. The molecule has 0 saturated heterocycles. The molecule has 0 fully saturated rings. The van der Waals surface area contributed by atoms with Crippen molar-refractivity contribution in [2.75, 3.05) is 0 Å². The molecule has 1 aliphatic carbocycles. The summed E-state index contributed by atoms with van der Waals surface area (Å²) < 4.78 is 8.74. The highest BCUT2D eigenvalue weighted by Crippen LogP contribution is 2.53. The van der Waals surface area contributed by atoms with Crippen LogP contribution in [0.15, 0.2) is 205 Å². The van der Waals surface area contributed by atoms with Gasteiger partial charge in [0.25, 0.3) is 0 Å². The molecule has 1 aliphatic rings. The van der Waals surface area contributed by atoms with Gasteiger partial charge in [-0.2, -0.15) is 0 Å². The summed E-state index contributed by atoms with van der Waals surface area (Å²) in [5.41, 5.74) is 14.8. The molecule has 3 heterocycles. The molecule has 322 valence electrons. The first-order valence-corrected chi connectivity index (χ1v) is 23.2. The van der Waals surface area contributed by atoms with E-state index in [0.717, 1.165) is 71.5 Å². The fourth-order valence-corrected chi connectivity index (χ4v) is 11.0. The monoisotopic (exact) mass is 872 g/mol. The number of rotatable bonds is 6. The standard InChI is InChI=1S/C63H44N4O/c1-5-18-43(58-38(2)68-57-28-17-16-27-49(57)58)42-30-33-55-51(35-42)52-36-50-47-31-29-39-19-12-13-24-44(39)59(47)63(3,4)53(50)37-56(52)67(55)54-34-32-48(45-25-14-15-26-46(45)54)62-65-60(40-20-8-6-9-21-40)64-61(66-62)41-22-10-7-11-23-41/h5-37H,2H2,1,3-4H3/b18-5-,58-43-. The second-order valence-corrected chi connectivity index (χ2v) is 18.3. The summed E-state index contributed by atoms with van der Waals surface area (Å²) in [7, 11) is 0. The van der Waals surface area contributed by atoms with Gasteiger partial charge in [-0.25, -0.2) is 15.0 Å². The average Bonchev–Trinajstić information content (AvgIpc) is 3.97. The zero-order chi connectivity index (χ0) is 45.7. The number of hydrogen-bond acceptors (Lipinski definition) is 4. The number of hydrogen-bond donors (Lipinski definition) is 0. The third-order valence-electron chi connectivity index (χ3n) is 14.1. The maximum atomic E-state index is 6.26. The summed E-state index contributed by atoms with van der Waals surface area (Å²) in [6.07, 6.45) is 4.29. The first kappa shape index (κ1) is 39.7. The Kier molecular flexibility index (Phi) is 8.86. The molecule has 5 heteroatoms. The van der Waals surface area contributed by atoms with Crippen molar-refractivity contribution in [1.29, 1.82) is 0 Å². The lowest BCUT2D eigenvalue weighted by Crippen LogP contribution is -2.21. The Bertz CT molecular complexity index is 4140. The van der Waals surface area contributed by atoms with Crippen LogP contribution in [0.4, 0.5) is 0 Å². The van der Waals surface area contributed by atoms with E-state index in [1.807, 2.05) is 48.5 Å². The van der Waals surface area contributed by atoms with Gasteiger partial charge in [0, 0.05) is 48.9 Å². The van der Waals surface area contributed by atoms with Crippen LogP contribution in [-0.2, 0) is 5.41 Å². The molecule has 0 amide bonds. The van der Waals surface area contributed by atoms with Crippen molar-refractivity contribution in [2.45, 2.75) is 26.2 Å². The number of para-hydroxylation sites is 1. The molecule has 3 aromatic heterocycles. The number of benzene rings is 9. The highest BCUT2D eigenvalue weighted by Gasteiger charge is 2.38. The van der Waals surface area contributed by atoms with Crippen molar-refractivity contribution in [3.63, 3.8) is 0 Å². The van der Waals surface area contributed by atoms with Crippen LogP contribution in [0, 0.1) is 0 Å². The largest absolute Gasteiger partial charge is 0.457 e. The lowest BCUT2D eigenvalue weighted by molar-refractivity contribution is 0.577. The first-order chi connectivity index (χ1) is 33.4. The van der Waals surface area contributed by atoms with Crippen molar-refractivity contribution in [3.8, 4) is 51.0 Å². The molecule has 12 aromatic rings. The predicted molar refractivity (Wildman–Crippen MR) is 281 cm³/mol. The summed E-state index contributed by atoms with van der Waals surface area (Å²) in [5.74, 6) is 1.89. The lowest BCUT2D eigenvalue weighted by atomic mass is 9.80. The van der Waals surface area contributed by atoms with Crippen LogP contribution in [0.2, 0.25) is 0 Å². The zero-order valence-corrected chi connectivity index (χ0v) is 38.0. The minimum Gasteiger partial charge on any atom is -0.457 e. The quantitative estimate of drug-likeness (QED) is 0.167. The molecule has 0 atom stereocenters. The maximum Gasteiger partial charge on any atom is 0.164 e. The minimum atomic E-state index is -0.247. The molecule has 0 aliphatic heterocycles. The number of nitrogens with zero attached hydrogens (tertiary/aromatic N) is 4. The molecule has 0 radical (unpaired) electrons. The second-order valence-electron chi connectivity index (χ2n) is 18.3. The molecule has 0 saturated carbocycles. The van der Waals surface area contributed by atoms with Gasteiger partial charge in [-0.15, -0.1) is 0 Å². The summed E-state index contributed by atoms with van der Waals surface area (Å²) in [6, 6.07) is 66.9. The van der Waals surface area contributed by atoms with Gasteiger partial charge < -0.3 is 8.98 Å². The van der Waals surface area contributed by atoms with Crippen LogP contribution in [0.1, 0.15) is 37.5 Å². The van der Waals surface area contributed by atoms with E-state index in [4.69, 9.17) is 19.4 Å². The van der Waals surface area contributed by atoms with Crippen LogP contribution in [0.5, 0.6) is 0 Å². The number of fused-ring (bicyclic) bond motifs is 10. The van der Waals surface area contributed by atoms with Gasteiger partial charge in [-0.1, -0.05) is 178 Å². The smallest absolute Gasteiger partial charge is 0.164 e. The molecule has 0 spiro atoms. The molecule has 0 unspecified atom stereocenters. The van der Waals surface area contributed by atoms with E-state index in [1.54, 1.807) is 0 Å². The Morgan fingerprint density at radius 3 is 1.88 bits per heavy atom. The average molecular weight is 873 g/mol. The molecule has 13 rings (SSSR count). The van der Waals surface area contributed by atoms with Crippen molar-refractivity contribution in [1.82, 2.24) is 19.5 Å². The van der Waals surface area contributed by atoms with Gasteiger partial charge in [0.05, 0.1) is 16.7 Å². The highest BCUT2D eigenvalue weighted by atomic mass is 16.3. The fourth-order valence-electron chi connectivity index (χ4n) is 11.0. The van der Waals surface area contributed by atoms with Crippen molar-refractivity contribution in [3.05, 3.63) is 228 Å². The Balaban J connectivity index is 1.09. The van der Waals surface area contributed by atoms with Gasteiger partial charge in [0.1, 0.15) is 11.0 Å². The van der Waals surface area contributed by atoms with Gasteiger partial charge in [0.2, 0.25) is 0 Å². The third-order valence-corrected chi connectivity index (χ3v) is 14.1. The van der Waals surface area contributed by atoms with Crippen LogP contribution in [0.3, 0.4) is 0 Å². The number of furan rings is 1. The molecule has 68 heavy (non-hydrogen) atoms. The van der Waals surface area contributed by atoms with Crippen LogP contribution in [0.25, 0.3) is 117 Å². The SMILES string of the molecule is C=c1oc2ccccc2/c1=C(/C=C\C)c1ccc2c(c1)c1cc3c(cc1n2-c1ccc(-c2nc(-c4ccccc4)nc(-c4ccccc4)n2)c2ccccc12)C(C)(C)c1c-3ccc2ccccc12. The van der Waals surface area contributed by atoms with Crippen LogP contribution >= 0.6 is 0 Å². The van der Waals surface area contributed by atoms with E-state index < -0.39 is 0 Å². The van der Waals surface area contributed by atoms with Gasteiger partial charge >= 0.3 is 0 Å². The van der Waals surface area contributed by atoms with E-state index in [9.17, 15) is 0 Å². The molecular weight excluding hydrogens is 829 g/mol. The van der Waals surface area contributed by atoms with Gasteiger partial charge in [-0.3, -0.25) is 0 Å².